The second-order valence-corrected chi connectivity index (χ2v) is 6.64. The van der Waals surface area contributed by atoms with E-state index in [-0.39, 0.29) is 0 Å². The number of benzene rings is 1. The predicted octanol–water partition coefficient (Wildman–Crippen LogP) is 1.74. The summed E-state index contributed by atoms with van der Waals surface area (Å²) in [5.74, 6) is 0. The van der Waals surface area contributed by atoms with Crippen molar-refractivity contribution in [2.24, 2.45) is 0 Å². The van der Waals surface area contributed by atoms with E-state index in [0.29, 0.717) is 24.4 Å². The van der Waals surface area contributed by atoms with Crippen molar-refractivity contribution in [3.8, 4) is 0 Å². The van der Waals surface area contributed by atoms with Gasteiger partial charge in [-0.2, -0.15) is 4.31 Å². The molecule has 0 saturated carbocycles. The Morgan fingerprint density at radius 3 is 2.80 bits per heavy atom. The Morgan fingerprint density at radius 2 is 2.05 bits per heavy atom. The van der Waals surface area contributed by atoms with Gasteiger partial charge in [-0.3, -0.25) is 0 Å². The van der Waals surface area contributed by atoms with Crippen LogP contribution in [0, 0.1) is 0 Å². The van der Waals surface area contributed by atoms with E-state index in [2.05, 4.69) is 9.97 Å². The third-order valence-corrected chi connectivity index (χ3v) is 5.42. The van der Waals surface area contributed by atoms with Gasteiger partial charge in [0.25, 0.3) is 0 Å². The van der Waals surface area contributed by atoms with Crippen LogP contribution in [0.1, 0.15) is 23.7 Å². The van der Waals surface area contributed by atoms with E-state index < -0.39 is 10.0 Å². The molecule has 2 aromatic rings. The van der Waals surface area contributed by atoms with Crippen LogP contribution in [0.5, 0.6) is 0 Å². The first-order chi connectivity index (χ1) is 9.63. The molecule has 0 spiro atoms. The highest BCUT2D eigenvalue weighted by Gasteiger charge is 2.32. The Labute approximate surface area is 118 Å². The van der Waals surface area contributed by atoms with E-state index in [9.17, 15) is 8.42 Å². The van der Waals surface area contributed by atoms with Gasteiger partial charge in [-0.05, 0) is 18.1 Å². The molecule has 0 atom stereocenters. The molecule has 1 aromatic carbocycles. The van der Waals surface area contributed by atoms with Crippen molar-refractivity contribution >= 4 is 10.0 Å². The fraction of sp³-hybridized carbons (Fsp3) is 0.286. The third-order valence-electron chi connectivity index (χ3n) is 3.53. The molecule has 0 saturated heterocycles. The zero-order valence-corrected chi connectivity index (χ0v) is 12.0. The molecule has 1 aliphatic rings. The summed E-state index contributed by atoms with van der Waals surface area (Å²) in [7, 11) is -3.48. The molecule has 0 bridgehead atoms. The number of aromatic nitrogens is 2. The van der Waals surface area contributed by atoms with Crippen molar-refractivity contribution in [1.82, 2.24) is 14.3 Å². The van der Waals surface area contributed by atoms with E-state index in [1.165, 1.54) is 10.6 Å². The van der Waals surface area contributed by atoms with Crippen molar-refractivity contribution < 1.29 is 8.42 Å². The van der Waals surface area contributed by atoms with E-state index in [1.54, 1.807) is 18.3 Å². The largest absolute Gasteiger partial charge is 0.244 e. The van der Waals surface area contributed by atoms with Gasteiger partial charge in [0.1, 0.15) is 6.33 Å². The molecular formula is C14H15N3O2S. The molecule has 0 unspecified atom stereocenters. The van der Waals surface area contributed by atoms with Crippen LogP contribution in [-0.2, 0) is 29.5 Å². The van der Waals surface area contributed by atoms with Gasteiger partial charge in [-0.15, -0.1) is 0 Å². The zero-order valence-electron chi connectivity index (χ0n) is 11.2. The lowest BCUT2D eigenvalue weighted by Crippen LogP contribution is -2.26. The lowest BCUT2D eigenvalue weighted by molar-refractivity contribution is 0.429. The molecule has 20 heavy (non-hydrogen) atoms. The molecule has 3 rings (SSSR count). The van der Waals surface area contributed by atoms with Crippen molar-refractivity contribution in [1.29, 1.82) is 0 Å². The molecule has 6 heteroatoms. The third kappa shape index (κ3) is 2.10. The summed E-state index contributed by atoms with van der Waals surface area (Å²) in [6.07, 6.45) is 3.83. The van der Waals surface area contributed by atoms with E-state index in [4.69, 9.17) is 0 Å². The van der Waals surface area contributed by atoms with Gasteiger partial charge in [0, 0.05) is 18.3 Å². The molecule has 5 nitrogen and oxygen atoms in total. The van der Waals surface area contributed by atoms with Gasteiger partial charge in [0.15, 0.2) is 0 Å². The number of aryl methyl sites for hydroxylation is 1. The fourth-order valence-electron chi connectivity index (χ4n) is 2.43. The molecule has 1 aliphatic heterocycles. The van der Waals surface area contributed by atoms with Crippen LogP contribution >= 0.6 is 0 Å². The van der Waals surface area contributed by atoms with Gasteiger partial charge in [-0.1, -0.05) is 25.1 Å². The number of nitrogens with zero attached hydrogens (tertiary/aromatic N) is 3. The second kappa shape index (κ2) is 4.96. The maximum absolute atomic E-state index is 12.8. The Bertz CT molecular complexity index is 719. The Morgan fingerprint density at radius 1 is 1.25 bits per heavy atom. The van der Waals surface area contributed by atoms with Crippen LogP contribution in [0.25, 0.3) is 0 Å². The molecule has 1 aromatic heterocycles. The lowest BCUT2D eigenvalue weighted by atomic mass is 10.2. The highest BCUT2D eigenvalue weighted by Crippen LogP contribution is 2.28. The van der Waals surface area contributed by atoms with Crippen LogP contribution in [0.2, 0.25) is 0 Å². The maximum atomic E-state index is 12.8. The van der Waals surface area contributed by atoms with Crippen LogP contribution in [0.3, 0.4) is 0 Å². The van der Waals surface area contributed by atoms with Gasteiger partial charge in [-0.25, -0.2) is 18.4 Å². The van der Waals surface area contributed by atoms with Crippen molar-refractivity contribution in [3.05, 3.63) is 53.6 Å². The van der Waals surface area contributed by atoms with Gasteiger partial charge in [0.2, 0.25) is 10.0 Å². The number of fused-ring (bicyclic) bond motifs is 1. The normalized spacial score (nSPS) is 15.2. The Balaban J connectivity index is 1.99. The average molecular weight is 289 g/mol. The Kier molecular flexibility index (Phi) is 3.27. The molecule has 0 amide bonds. The first-order valence-corrected chi connectivity index (χ1v) is 7.92. The topological polar surface area (TPSA) is 63.2 Å². The van der Waals surface area contributed by atoms with Gasteiger partial charge >= 0.3 is 0 Å². The summed E-state index contributed by atoms with van der Waals surface area (Å²) in [5, 5.41) is 0. The fourth-order valence-corrected chi connectivity index (χ4v) is 4.10. The van der Waals surface area contributed by atoms with Crippen LogP contribution in [0.15, 0.2) is 41.7 Å². The zero-order chi connectivity index (χ0) is 14.2. The monoisotopic (exact) mass is 289 g/mol. The van der Waals surface area contributed by atoms with Gasteiger partial charge in [0.05, 0.1) is 17.1 Å². The van der Waals surface area contributed by atoms with Crippen molar-refractivity contribution in [3.63, 3.8) is 0 Å². The molecular weight excluding hydrogens is 274 g/mol. The minimum atomic E-state index is -3.48. The molecule has 0 N–H and O–H groups in total. The summed E-state index contributed by atoms with van der Waals surface area (Å²) in [6.45, 7) is 2.62. The van der Waals surface area contributed by atoms with Gasteiger partial charge < -0.3 is 0 Å². The number of rotatable bonds is 3. The highest BCUT2D eigenvalue weighted by atomic mass is 32.2. The van der Waals surface area contributed by atoms with Crippen LogP contribution < -0.4 is 0 Å². The molecule has 2 heterocycles. The van der Waals surface area contributed by atoms with E-state index >= 15 is 0 Å². The van der Waals surface area contributed by atoms with E-state index in [1.807, 2.05) is 19.1 Å². The summed E-state index contributed by atoms with van der Waals surface area (Å²) >= 11 is 0. The maximum Gasteiger partial charge on any atom is 0.244 e. The van der Waals surface area contributed by atoms with Crippen LogP contribution in [0.4, 0.5) is 0 Å². The predicted molar refractivity (Wildman–Crippen MR) is 74.3 cm³/mol. The summed E-state index contributed by atoms with van der Waals surface area (Å²) < 4.78 is 27.0. The summed E-state index contributed by atoms with van der Waals surface area (Å²) in [4.78, 5) is 8.48. The number of hydrogen-bond acceptors (Lipinski definition) is 4. The number of hydrogen-bond donors (Lipinski definition) is 0. The minimum absolute atomic E-state index is 0.318. The average Bonchev–Trinajstić information content (AvgIpc) is 2.92. The second-order valence-electron chi connectivity index (χ2n) is 4.73. The van der Waals surface area contributed by atoms with Crippen molar-refractivity contribution in [2.45, 2.75) is 31.3 Å². The molecule has 0 radical (unpaired) electrons. The first-order valence-electron chi connectivity index (χ1n) is 6.48. The summed E-state index contributed by atoms with van der Waals surface area (Å²) in [5.41, 5.74) is 2.51. The van der Waals surface area contributed by atoms with Crippen molar-refractivity contribution in [2.75, 3.05) is 0 Å². The highest BCUT2D eigenvalue weighted by molar-refractivity contribution is 7.89. The lowest BCUT2D eigenvalue weighted by Gasteiger charge is -2.17. The molecule has 0 fully saturated rings. The first kappa shape index (κ1) is 13.2. The van der Waals surface area contributed by atoms with Crippen LogP contribution in [-0.4, -0.2) is 22.7 Å². The molecule has 0 aliphatic carbocycles. The smallest absolute Gasteiger partial charge is 0.244 e. The van der Waals surface area contributed by atoms with E-state index in [0.717, 1.165) is 16.8 Å². The number of sulfonamides is 1. The summed E-state index contributed by atoms with van der Waals surface area (Å²) in [6, 6.07) is 7.15. The minimum Gasteiger partial charge on any atom is -0.244 e. The Hall–Kier alpha value is -1.79. The molecule has 104 valence electrons. The quantitative estimate of drug-likeness (QED) is 0.863. The standard InChI is InChI=1S/C14H15N3O2S/c1-2-11-5-3-4-6-14(11)20(18,19)17-8-12-7-15-10-16-13(12)9-17/h3-7,10H,2,8-9H2,1H3. The SMILES string of the molecule is CCc1ccccc1S(=O)(=O)N1Cc2cncnc2C1.